The largest absolute Gasteiger partial charge is 0.444 e. The van der Waals surface area contributed by atoms with E-state index in [0.29, 0.717) is 5.92 Å². The predicted molar refractivity (Wildman–Crippen MR) is 80.8 cm³/mol. The number of carbonyl (C=O) groups excluding carboxylic acids is 1. The van der Waals surface area contributed by atoms with Crippen LogP contribution >= 0.6 is 0 Å². The van der Waals surface area contributed by atoms with Gasteiger partial charge in [-0.15, -0.1) is 0 Å². The number of hydrogen-bond acceptors (Lipinski definition) is 3. The lowest BCUT2D eigenvalue weighted by molar-refractivity contribution is 0.0319. The Morgan fingerprint density at radius 1 is 1.15 bits per heavy atom. The second-order valence-electron chi connectivity index (χ2n) is 7.37. The van der Waals surface area contributed by atoms with Crippen molar-refractivity contribution in [3.63, 3.8) is 0 Å². The van der Waals surface area contributed by atoms with Gasteiger partial charge in [-0.2, -0.15) is 0 Å². The van der Waals surface area contributed by atoms with Crippen molar-refractivity contribution in [2.45, 2.75) is 76.9 Å². The molecule has 1 aliphatic carbocycles. The molecule has 0 bridgehead atoms. The van der Waals surface area contributed by atoms with Gasteiger partial charge in [0.2, 0.25) is 0 Å². The van der Waals surface area contributed by atoms with Crippen molar-refractivity contribution >= 4 is 6.09 Å². The third-order valence-corrected chi connectivity index (χ3v) is 4.62. The Labute approximate surface area is 123 Å². The van der Waals surface area contributed by atoms with Gasteiger partial charge in [-0.25, -0.2) is 4.79 Å². The molecule has 0 aromatic heterocycles. The standard InChI is InChI=1S/C16H30N2O2/c1-15(2,3)20-14(19)18-16(9-5-4-6-10-16)13-7-11-17-12-8-13/h13,17H,4-12H2,1-3H3,(H,18,19). The minimum Gasteiger partial charge on any atom is -0.444 e. The highest BCUT2D eigenvalue weighted by molar-refractivity contribution is 5.69. The van der Waals surface area contributed by atoms with E-state index in [9.17, 15) is 4.79 Å². The molecule has 4 nitrogen and oxygen atoms in total. The lowest BCUT2D eigenvalue weighted by Gasteiger charge is -2.46. The minimum absolute atomic E-state index is 0.0251. The molecule has 0 spiro atoms. The fourth-order valence-electron chi connectivity index (χ4n) is 3.70. The number of alkyl carbamates (subject to hydrolysis) is 1. The Kier molecular flexibility index (Phi) is 4.95. The summed E-state index contributed by atoms with van der Waals surface area (Å²) in [6, 6.07) is 0. The molecule has 116 valence electrons. The maximum atomic E-state index is 12.2. The molecule has 1 saturated carbocycles. The fraction of sp³-hybridized carbons (Fsp3) is 0.938. The van der Waals surface area contributed by atoms with Gasteiger partial charge in [0.15, 0.2) is 0 Å². The average Bonchev–Trinajstić information content (AvgIpc) is 2.38. The van der Waals surface area contributed by atoms with Crippen molar-refractivity contribution in [1.82, 2.24) is 10.6 Å². The maximum absolute atomic E-state index is 12.2. The van der Waals surface area contributed by atoms with E-state index in [0.717, 1.165) is 38.8 Å². The number of hydrogen-bond donors (Lipinski definition) is 2. The zero-order valence-electron chi connectivity index (χ0n) is 13.3. The van der Waals surface area contributed by atoms with E-state index in [1.54, 1.807) is 0 Å². The molecule has 1 amide bonds. The van der Waals surface area contributed by atoms with E-state index in [1.165, 1.54) is 19.3 Å². The first kappa shape index (κ1) is 15.6. The SMILES string of the molecule is CC(C)(C)OC(=O)NC1(C2CCNCC2)CCCCC1. The van der Waals surface area contributed by atoms with Gasteiger partial charge in [0.25, 0.3) is 0 Å². The summed E-state index contributed by atoms with van der Waals surface area (Å²) in [5.41, 5.74) is -0.448. The Morgan fingerprint density at radius 2 is 1.75 bits per heavy atom. The summed E-state index contributed by atoms with van der Waals surface area (Å²) >= 11 is 0. The molecule has 1 heterocycles. The molecule has 0 radical (unpaired) electrons. The van der Waals surface area contributed by atoms with E-state index in [2.05, 4.69) is 10.6 Å². The summed E-state index contributed by atoms with van der Waals surface area (Å²) in [6.45, 7) is 7.91. The molecule has 2 aliphatic rings. The van der Waals surface area contributed by atoms with E-state index in [-0.39, 0.29) is 11.6 Å². The zero-order chi connectivity index (χ0) is 14.6. The molecule has 0 aromatic rings. The molecule has 0 aromatic carbocycles. The van der Waals surface area contributed by atoms with Crippen LogP contribution in [-0.4, -0.2) is 30.3 Å². The third-order valence-electron chi connectivity index (χ3n) is 4.62. The molecule has 1 aliphatic heterocycles. The van der Waals surface area contributed by atoms with Crippen molar-refractivity contribution in [1.29, 1.82) is 0 Å². The van der Waals surface area contributed by atoms with Gasteiger partial charge in [0.1, 0.15) is 5.60 Å². The van der Waals surface area contributed by atoms with Crippen molar-refractivity contribution in [2.24, 2.45) is 5.92 Å². The summed E-state index contributed by atoms with van der Waals surface area (Å²) in [7, 11) is 0. The summed E-state index contributed by atoms with van der Waals surface area (Å²) < 4.78 is 5.49. The molecule has 1 saturated heterocycles. The van der Waals surface area contributed by atoms with Gasteiger partial charge in [0, 0.05) is 5.54 Å². The summed E-state index contributed by atoms with van der Waals surface area (Å²) in [4.78, 5) is 12.2. The van der Waals surface area contributed by atoms with E-state index < -0.39 is 5.60 Å². The lowest BCUT2D eigenvalue weighted by Crippen LogP contribution is -2.57. The van der Waals surface area contributed by atoms with Crippen LogP contribution in [0.2, 0.25) is 0 Å². The molecule has 0 atom stereocenters. The van der Waals surface area contributed by atoms with Crippen LogP contribution in [0, 0.1) is 5.92 Å². The van der Waals surface area contributed by atoms with Crippen LogP contribution in [0.25, 0.3) is 0 Å². The van der Waals surface area contributed by atoms with Gasteiger partial charge < -0.3 is 15.4 Å². The Balaban J connectivity index is 2.04. The van der Waals surface area contributed by atoms with Crippen LogP contribution in [0.15, 0.2) is 0 Å². The number of piperidine rings is 1. The van der Waals surface area contributed by atoms with Crippen molar-refractivity contribution in [3.8, 4) is 0 Å². The highest BCUT2D eigenvalue weighted by Crippen LogP contribution is 2.38. The van der Waals surface area contributed by atoms with Gasteiger partial charge in [0.05, 0.1) is 0 Å². The molecular formula is C16H30N2O2. The Hall–Kier alpha value is -0.770. The smallest absolute Gasteiger partial charge is 0.408 e. The molecule has 0 unspecified atom stereocenters. The summed E-state index contributed by atoms with van der Waals surface area (Å²) in [5, 5.41) is 6.69. The minimum atomic E-state index is -0.423. The molecule has 2 N–H and O–H groups in total. The third kappa shape index (κ3) is 4.11. The molecular weight excluding hydrogens is 252 g/mol. The average molecular weight is 282 g/mol. The second-order valence-corrected chi connectivity index (χ2v) is 7.37. The van der Waals surface area contributed by atoms with Crippen molar-refractivity contribution < 1.29 is 9.53 Å². The number of ether oxygens (including phenoxy) is 1. The topological polar surface area (TPSA) is 50.4 Å². The monoisotopic (exact) mass is 282 g/mol. The highest BCUT2D eigenvalue weighted by atomic mass is 16.6. The first-order valence-corrected chi connectivity index (χ1v) is 8.13. The fourth-order valence-corrected chi connectivity index (χ4v) is 3.70. The molecule has 20 heavy (non-hydrogen) atoms. The quantitative estimate of drug-likeness (QED) is 0.817. The van der Waals surface area contributed by atoms with E-state index in [4.69, 9.17) is 4.74 Å². The van der Waals surface area contributed by atoms with E-state index >= 15 is 0 Å². The molecule has 2 rings (SSSR count). The number of rotatable bonds is 2. The second kappa shape index (κ2) is 6.33. The normalized spacial score (nSPS) is 24.1. The number of amides is 1. The van der Waals surface area contributed by atoms with Crippen LogP contribution in [0.5, 0.6) is 0 Å². The van der Waals surface area contributed by atoms with Gasteiger partial charge >= 0.3 is 6.09 Å². The van der Waals surface area contributed by atoms with Crippen molar-refractivity contribution in [2.75, 3.05) is 13.1 Å². The molecule has 2 fully saturated rings. The van der Waals surface area contributed by atoms with Crippen LogP contribution in [0.3, 0.4) is 0 Å². The predicted octanol–water partition coefficient (Wildman–Crippen LogP) is 3.21. The maximum Gasteiger partial charge on any atom is 0.408 e. The van der Waals surface area contributed by atoms with Crippen LogP contribution in [0.4, 0.5) is 4.79 Å². The summed E-state index contributed by atoms with van der Waals surface area (Å²) in [5.74, 6) is 0.594. The lowest BCUT2D eigenvalue weighted by atomic mass is 9.69. The Bertz CT molecular complexity index is 324. The van der Waals surface area contributed by atoms with Gasteiger partial charge in [-0.05, 0) is 65.5 Å². The van der Waals surface area contributed by atoms with Crippen molar-refractivity contribution in [3.05, 3.63) is 0 Å². The summed E-state index contributed by atoms with van der Waals surface area (Å²) in [6.07, 6.45) is 8.04. The molecule has 4 heteroatoms. The number of nitrogens with one attached hydrogen (secondary N) is 2. The van der Waals surface area contributed by atoms with E-state index in [1.807, 2.05) is 20.8 Å². The van der Waals surface area contributed by atoms with Gasteiger partial charge in [-0.3, -0.25) is 0 Å². The highest BCUT2D eigenvalue weighted by Gasteiger charge is 2.42. The van der Waals surface area contributed by atoms with Crippen LogP contribution < -0.4 is 10.6 Å². The first-order chi connectivity index (χ1) is 9.41. The zero-order valence-corrected chi connectivity index (χ0v) is 13.3. The number of carbonyl (C=O) groups is 1. The van der Waals surface area contributed by atoms with Crippen LogP contribution in [-0.2, 0) is 4.74 Å². The Morgan fingerprint density at radius 3 is 2.30 bits per heavy atom. The first-order valence-electron chi connectivity index (χ1n) is 8.13. The van der Waals surface area contributed by atoms with Crippen LogP contribution in [0.1, 0.15) is 65.7 Å². The van der Waals surface area contributed by atoms with Gasteiger partial charge in [-0.1, -0.05) is 19.3 Å².